The molecule has 0 saturated heterocycles. The van der Waals surface area contributed by atoms with E-state index in [1.54, 1.807) is 15.2 Å². The van der Waals surface area contributed by atoms with Gasteiger partial charge in [-0.2, -0.15) is 13.2 Å². The maximum Gasteiger partial charge on any atom is 0.490 e. The standard InChI is InChI=1S/C18H25N5O2.C2HF3O2/c1-3-7-22-9-5-10-23-16(13-22)20-14(11-17(23)24)12-19-18(25)15-6-4-8-21(15)2;3-2(4,5)1(6)7/h4,6,8,11H,3,5,7,9-10,12-13H2,1-2H3,(H,19,25);(H,6,7). The lowest BCUT2D eigenvalue weighted by atomic mass is 10.3. The smallest absolute Gasteiger partial charge is 0.475 e. The van der Waals surface area contributed by atoms with E-state index in [1.807, 2.05) is 19.3 Å². The Labute approximate surface area is 182 Å². The Bertz CT molecular complexity index is 1000. The fourth-order valence-electron chi connectivity index (χ4n) is 3.25. The van der Waals surface area contributed by atoms with Gasteiger partial charge in [-0.05, 0) is 31.5 Å². The van der Waals surface area contributed by atoms with Crippen molar-refractivity contribution in [3.05, 3.63) is 52.0 Å². The molecule has 2 aromatic heterocycles. The van der Waals surface area contributed by atoms with E-state index in [0.29, 0.717) is 24.5 Å². The SMILES string of the molecule is CCCN1CCCn2c(nc(CNC(=O)c3cccn3C)cc2=O)C1.O=C(O)C(F)(F)F. The van der Waals surface area contributed by atoms with Crippen LogP contribution in [0.2, 0.25) is 0 Å². The first-order valence-electron chi connectivity index (χ1n) is 10.0. The van der Waals surface area contributed by atoms with Crippen LogP contribution >= 0.6 is 0 Å². The number of hydrogen-bond acceptors (Lipinski definition) is 5. The molecule has 9 nitrogen and oxygen atoms in total. The first-order chi connectivity index (χ1) is 15.0. The van der Waals surface area contributed by atoms with Gasteiger partial charge in [0, 0.05) is 32.4 Å². The van der Waals surface area contributed by atoms with E-state index in [9.17, 15) is 22.8 Å². The number of aryl methyl sites for hydroxylation is 1. The Kier molecular flexibility index (Phi) is 8.58. The van der Waals surface area contributed by atoms with Gasteiger partial charge >= 0.3 is 12.1 Å². The average molecular weight is 457 g/mol. The molecule has 0 bridgehead atoms. The number of fused-ring (bicyclic) bond motifs is 1. The summed E-state index contributed by atoms with van der Waals surface area (Å²) in [5, 5.41) is 9.97. The molecule has 2 N–H and O–H groups in total. The quantitative estimate of drug-likeness (QED) is 0.708. The van der Waals surface area contributed by atoms with Crippen LogP contribution in [0.5, 0.6) is 0 Å². The van der Waals surface area contributed by atoms with Gasteiger partial charge in [0.25, 0.3) is 11.5 Å². The van der Waals surface area contributed by atoms with Crippen LogP contribution in [0.15, 0.2) is 29.2 Å². The van der Waals surface area contributed by atoms with Crippen LogP contribution in [0.1, 0.15) is 41.8 Å². The van der Waals surface area contributed by atoms with Crippen LogP contribution in [0.3, 0.4) is 0 Å². The molecule has 0 saturated carbocycles. The minimum Gasteiger partial charge on any atom is -0.475 e. The number of carbonyl (C=O) groups excluding carboxylic acids is 1. The molecule has 0 fully saturated rings. The summed E-state index contributed by atoms with van der Waals surface area (Å²) in [5.74, 6) is -2.13. The molecular weight excluding hydrogens is 431 g/mol. The second-order valence-corrected chi connectivity index (χ2v) is 7.27. The number of hydrogen-bond donors (Lipinski definition) is 2. The number of nitrogens with one attached hydrogen (secondary N) is 1. The summed E-state index contributed by atoms with van der Waals surface area (Å²) in [7, 11) is 1.82. The fraction of sp³-hybridized carbons (Fsp3) is 0.500. The maximum absolute atomic E-state index is 12.4. The summed E-state index contributed by atoms with van der Waals surface area (Å²) in [6.45, 7) is 5.78. The van der Waals surface area contributed by atoms with Gasteiger partial charge in [-0.25, -0.2) is 9.78 Å². The molecule has 0 aliphatic carbocycles. The third-order valence-corrected chi connectivity index (χ3v) is 4.75. The van der Waals surface area contributed by atoms with Crippen LogP contribution in [-0.4, -0.2) is 55.3 Å². The molecule has 1 aliphatic heterocycles. The highest BCUT2D eigenvalue weighted by Gasteiger charge is 2.38. The van der Waals surface area contributed by atoms with E-state index in [4.69, 9.17) is 9.90 Å². The molecule has 0 atom stereocenters. The number of amides is 1. The Morgan fingerprint density at radius 2 is 1.97 bits per heavy atom. The van der Waals surface area contributed by atoms with Crippen LogP contribution in [0.25, 0.3) is 0 Å². The Hall–Kier alpha value is -3.15. The van der Waals surface area contributed by atoms with E-state index in [2.05, 4.69) is 22.1 Å². The predicted molar refractivity (Wildman–Crippen MR) is 109 cm³/mol. The lowest BCUT2D eigenvalue weighted by Gasteiger charge is -2.18. The number of aliphatic carboxylic acids is 1. The van der Waals surface area contributed by atoms with E-state index in [0.717, 1.165) is 31.8 Å². The Morgan fingerprint density at radius 3 is 2.53 bits per heavy atom. The van der Waals surface area contributed by atoms with Crippen molar-refractivity contribution in [2.75, 3.05) is 13.1 Å². The number of carboxylic acid groups (broad SMARTS) is 1. The van der Waals surface area contributed by atoms with Crippen LogP contribution in [0, 0.1) is 0 Å². The highest BCUT2D eigenvalue weighted by atomic mass is 19.4. The molecule has 0 spiro atoms. The number of alkyl halides is 3. The number of aromatic nitrogens is 3. The highest BCUT2D eigenvalue weighted by molar-refractivity contribution is 5.92. The second-order valence-electron chi connectivity index (χ2n) is 7.27. The fourth-order valence-corrected chi connectivity index (χ4v) is 3.25. The van der Waals surface area contributed by atoms with Crippen LogP contribution < -0.4 is 10.9 Å². The zero-order chi connectivity index (χ0) is 23.9. The largest absolute Gasteiger partial charge is 0.490 e. The van der Waals surface area contributed by atoms with Gasteiger partial charge < -0.3 is 15.0 Å². The van der Waals surface area contributed by atoms with Crippen LogP contribution in [0.4, 0.5) is 13.2 Å². The summed E-state index contributed by atoms with van der Waals surface area (Å²) in [6.07, 6.45) is -1.22. The van der Waals surface area contributed by atoms with Crippen molar-refractivity contribution in [3.8, 4) is 0 Å². The zero-order valence-electron chi connectivity index (χ0n) is 17.9. The van der Waals surface area contributed by atoms with Crippen LogP contribution in [-0.2, 0) is 31.5 Å². The van der Waals surface area contributed by atoms with Gasteiger partial charge in [-0.1, -0.05) is 6.92 Å². The second kappa shape index (κ2) is 10.9. The zero-order valence-corrected chi connectivity index (χ0v) is 17.9. The molecule has 176 valence electrons. The monoisotopic (exact) mass is 457 g/mol. The molecule has 1 aliphatic rings. The predicted octanol–water partition coefficient (Wildman–Crippen LogP) is 1.76. The third-order valence-electron chi connectivity index (χ3n) is 4.75. The maximum atomic E-state index is 12.4. The van der Waals surface area contributed by atoms with Crippen molar-refractivity contribution >= 4 is 11.9 Å². The number of rotatable bonds is 5. The number of carbonyl (C=O) groups is 2. The molecule has 0 aromatic carbocycles. The van der Waals surface area contributed by atoms with Crippen molar-refractivity contribution in [2.24, 2.45) is 7.05 Å². The van der Waals surface area contributed by atoms with Gasteiger partial charge in [0.05, 0.1) is 18.8 Å². The molecule has 3 rings (SSSR count). The van der Waals surface area contributed by atoms with Gasteiger partial charge in [0.1, 0.15) is 11.5 Å². The molecule has 0 radical (unpaired) electrons. The van der Waals surface area contributed by atoms with Gasteiger partial charge in [-0.15, -0.1) is 0 Å². The summed E-state index contributed by atoms with van der Waals surface area (Å²) in [5.41, 5.74) is 1.16. The summed E-state index contributed by atoms with van der Waals surface area (Å²) >= 11 is 0. The highest BCUT2D eigenvalue weighted by Crippen LogP contribution is 2.13. The molecule has 0 unspecified atom stereocenters. The molecule has 3 heterocycles. The number of halogens is 3. The number of nitrogens with zero attached hydrogens (tertiary/aromatic N) is 4. The minimum absolute atomic E-state index is 0.0357. The lowest BCUT2D eigenvalue weighted by Crippen LogP contribution is -2.30. The van der Waals surface area contributed by atoms with Crippen molar-refractivity contribution in [1.82, 2.24) is 24.3 Å². The topological polar surface area (TPSA) is 109 Å². The van der Waals surface area contributed by atoms with Gasteiger partial charge in [0.2, 0.25) is 0 Å². The number of carboxylic acids is 1. The molecule has 1 amide bonds. The van der Waals surface area contributed by atoms with Gasteiger partial charge in [-0.3, -0.25) is 19.1 Å². The first kappa shape index (κ1) is 25.1. The van der Waals surface area contributed by atoms with E-state index >= 15 is 0 Å². The molecule has 32 heavy (non-hydrogen) atoms. The van der Waals surface area contributed by atoms with Crippen molar-refractivity contribution in [3.63, 3.8) is 0 Å². The Morgan fingerprint density at radius 1 is 1.28 bits per heavy atom. The summed E-state index contributed by atoms with van der Waals surface area (Å²) < 4.78 is 35.3. The normalized spacial score (nSPS) is 14.0. The minimum atomic E-state index is -5.08. The first-order valence-corrected chi connectivity index (χ1v) is 10.0. The molecule has 12 heteroatoms. The molecular formula is C20H26F3N5O4. The Balaban J connectivity index is 0.000000451. The third kappa shape index (κ3) is 6.94. The van der Waals surface area contributed by atoms with Crippen molar-refractivity contribution in [1.29, 1.82) is 0 Å². The lowest BCUT2D eigenvalue weighted by molar-refractivity contribution is -0.192. The van der Waals surface area contributed by atoms with Crippen molar-refractivity contribution < 1.29 is 27.9 Å². The van der Waals surface area contributed by atoms with E-state index in [-0.39, 0.29) is 18.0 Å². The van der Waals surface area contributed by atoms with Crippen molar-refractivity contribution in [2.45, 2.75) is 45.6 Å². The average Bonchev–Trinajstić information content (AvgIpc) is 3.02. The summed E-state index contributed by atoms with van der Waals surface area (Å²) in [4.78, 5) is 40.5. The summed E-state index contributed by atoms with van der Waals surface area (Å²) in [6, 6.07) is 5.12. The van der Waals surface area contributed by atoms with Gasteiger partial charge in [0.15, 0.2) is 0 Å². The van der Waals surface area contributed by atoms with E-state index < -0.39 is 12.1 Å². The van der Waals surface area contributed by atoms with E-state index in [1.165, 1.54) is 6.07 Å². The molecule has 2 aromatic rings.